The molecule has 0 atom stereocenters. The van der Waals surface area contributed by atoms with Crippen LogP contribution in [0, 0.1) is 0 Å². The van der Waals surface area contributed by atoms with Gasteiger partial charge in [0.05, 0.1) is 0 Å². The lowest BCUT2D eigenvalue weighted by Gasteiger charge is -2.11. The summed E-state index contributed by atoms with van der Waals surface area (Å²) in [5.74, 6) is 1.85. The molecule has 9 rings (SSSR count). The number of furan rings is 1. The summed E-state index contributed by atoms with van der Waals surface area (Å²) in [5.41, 5.74) is 9.06. The van der Waals surface area contributed by atoms with Crippen LogP contribution in [-0.2, 0) is 0 Å². The van der Waals surface area contributed by atoms with E-state index in [1.54, 1.807) is 0 Å². The zero-order chi connectivity index (χ0) is 31.2. The summed E-state index contributed by atoms with van der Waals surface area (Å²) < 4.78 is 6.20. The normalized spacial score (nSPS) is 11.4. The van der Waals surface area contributed by atoms with Crippen molar-refractivity contribution in [2.45, 2.75) is 0 Å². The number of fused-ring (bicyclic) bond motifs is 4. The van der Waals surface area contributed by atoms with Gasteiger partial charge in [0.15, 0.2) is 17.5 Å². The lowest BCUT2D eigenvalue weighted by atomic mass is 9.97. The first kappa shape index (κ1) is 27.0. The van der Waals surface area contributed by atoms with Gasteiger partial charge in [-0.05, 0) is 63.4 Å². The Hall–Kier alpha value is -6.39. The Bertz CT molecular complexity index is 2570. The van der Waals surface area contributed by atoms with Crippen LogP contribution in [-0.4, -0.2) is 15.0 Å². The summed E-state index contributed by atoms with van der Waals surface area (Å²) in [6.07, 6.45) is 0. The van der Waals surface area contributed by atoms with E-state index in [2.05, 4.69) is 97.1 Å². The summed E-state index contributed by atoms with van der Waals surface area (Å²) >= 11 is 0. The Morgan fingerprint density at radius 1 is 0.340 bits per heavy atom. The average molecular weight is 602 g/mol. The fraction of sp³-hybridized carbons (Fsp3) is 0. The number of benzene rings is 7. The van der Waals surface area contributed by atoms with E-state index in [0.29, 0.717) is 17.5 Å². The van der Waals surface area contributed by atoms with Gasteiger partial charge in [-0.15, -0.1) is 0 Å². The second kappa shape index (κ2) is 11.2. The molecule has 0 radical (unpaired) electrons. The van der Waals surface area contributed by atoms with Crippen LogP contribution < -0.4 is 0 Å². The molecular weight excluding hydrogens is 574 g/mol. The predicted molar refractivity (Wildman–Crippen MR) is 192 cm³/mol. The number of nitrogens with zero attached hydrogens (tertiary/aromatic N) is 3. The van der Waals surface area contributed by atoms with Crippen LogP contribution in [0.2, 0.25) is 0 Å². The van der Waals surface area contributed by atoms with Gasteiger partial charge in [0.2, 0.25) is 0 Å². The predicted octanol–water partition coefficient (Wildman–Crippen LogP) is 11.3. The molecule has 47 heavy (non-hydrogen) atoms. The summed E-state index contributed by atoms with van der Waals surface area (Å²) in [5, 5.41) is 4.44. The molecule has 220 valence electrons. The van der Waals surface area contributed by atoms with Crippen molar-refractivity contribution in [1.82, 2.24) is 15.0 Å². The molecule has 0 aliphatic carbocycles. The van der Waals surface area contributed by atoms with E-state index < -0.39 is 0 Å². The molecule has 9 aromatic rings. The van der Waals surface area contributed by atoms with Gasteiger partial charge in [-0.3, -0.25) is 0 Å². The maximum atomic E-state index is 6.20. The highest BCUT2D eigenvalue weighted by Crippen LogP contribution is 2.37. The molecule has 0 fully saturated rings. The molecule has 0 aliphatic heterocycles. The molecule has 4 heteroatoms. The Morgan fingerprint density at radius 2 is 0.894 bits per heavy atom. The second-order valence-electron chi connectivity index (χ2n) is 11.7. The van der Waals surface area contributed by atoms with Crippen LogP contribution in [0.4, 0.5) is 0 Å². The highest BCUT2D eigenvalue weighted by atomic mass is 16.3. The molecule has 0 spiro atoms. The largest absolute Gasteiger partial charge is 0.456 e. The minimum atomic E-state index is 0.607. The molecule has 0 unspecified atom stereocenters. The van der Waals surface area contributed by atoms with Gasteiger partial charge < -0.3 is 4.42 Å². The van der Waals surface area contributed by atoms with E-state index in [0.717, 1.165) is 49.8 Å². The minimum absolute atomic E-state index is 0.607. The highest BCUT2D eigenvalue weighted by molar-refractivity contribution is 6.11. The maximum Gasteiger partial charge on any atom is 0.164 e. The standard InChI is InChI=1S/C43H27N3O/c1-3-11-28(12-4-1)32-23-21-29-22-24-33(27-35(29)26-32)31-15-9-16-34(25-31)42-44-41(30-13-5-2-6-14-30)45-43(46-42)37-18-10-20-39-40(37)36-17-7-8-19-38(36)47-39/h1-27H. The third-order valence-corrected chi connectivity index (χ3v) is 8.71. The van der Waals surface area contributed by atoms with E-state index >= 15 is 0 Å². The number of rotatable bonds is 5. The minimum Gasteiger partial charge on any atom is -0.456 e. The molecule has 0 amide bonds. The average Bonchev–Trinajstić information content (AvgIpc) is 3.54. The Labute approximate surface area is 271 Å². The van der Waals surface area contributed by atoms with E-state index in [4.69, 9.17) is 19.4 Å². The molecule has 0 saturated heterocycles. The van der Waals surface area contributed by atoms with Gasteiger partial charge in [0.25, 0.3) is 0 Å². The van der Waals surface area contributed by atoms with Crippen LogP contribution in [0.25, 0.3) is 89.1 Å². The number of para-hydroxylation sites is 1. The fourth-order valence-corrected chi connectivity index (χ4v) is 6.38. The Kier molecular flexibility index (Phi) is 6.43. The summed E-state index contributed by atoms with van der Waals surface area (Å²) in [6.45, 7) is 0. The van der Waals surface area contributed by atoms with Gasteiger partial charge in [0.1, 0.15) is 11.2 Å². The van der Waals surface area contributed by atoms with E-state index in [9.17, 15) is 0 Å². The molecule has 2 aromatic heterocycles. The molecule has 0 N–H and O–H groups in total. The summed E-state index contributed by atoms with van der Waals surface area (Å²) in [4.78, 5) is 15.1. The highest BCUT2D eigenvalue weighted by Gasteiger charge is 2.18. The second-order valence-corrected chi connectivity index (χ2v) is 11.7. The zero-order valence-electron chi connectivity index (χ0n) is 25.3. The molecule has 7 aromatic carbocycles. The number of aromatic nitrogens is 3. The number of hydrogen-bond acceptors (Lipinski definition) is 4. The molecule has 2 heterocycles. The molecule has 0 bridgehead atoms. The van der Waals surface area contributed by atoms with Crippen molar-refractivity contribution in [1.29, 1.82) is 0 Å². The first-order valence-corrected chi connectivity index (χ1v) is 15.7. The van der Waals surface area contributed by atoms with Crippen molar-refractivity contribution in [3.8, 4) is 56.4 Å². The van der Waals surface area contributed by atoms with Gasteiger partial charge in [-0.2, -0.15) is 0 Å². The van der Waals surface area contributed by atoms with Crippen LogP contribution in [0.1, 0.15) is 0 Å². The van der Waals surface area contributed by atoms with Gasteiger partial charge in [0, 0.05) is 27.5 Å². The van der Waals surface area contributed by atoms with E-state index in [1.165, 1.54) is 21.9 Å². The van der Waals surface area contributed by atoms with Crippen molar-refractivity contribution in [2.75, 3.05) is 0 Å². The lowest BCUT2D eigenvalue weighted by molar-refractivity contribution is 0.669. The van der Waals surface area contributed by atoms with Crippen molar-refractivity contribution < 1.29 is 4.42 Å². The Morgan fingerprint density at radius 3 is 1.68 bits per heavy atom. The van der Waals surface area contributed by atoms with Crippen molar-refractivity contribution in [3.63, 3.8) is 0 Å². The van der Waals surface area contributed by atoms with E-state index in [-0.39, 0.29) is 0 Å². The zero-order valence-corrected chi connectivity index (χ0v) is 25.3. The van der Waals surface area contributed by atoms with Gasteiger partial charge in [-0.1, -0.05) is 133 Å². The first-order chi connectivity index (χ1) is 23.3. The maximum absolute atomic E-state index is 6.20. The van der Waals surface area contributed by atoms with Crippen LogP contribution in [0.3, 0.4) is 0 Å². The molecule has 0 saturated carbocycles. The van der Waals surface area contributed by atoms with Crippen LogP contribution in [0.15, 0.2) is 168 Å². The topological polar surface area (TPSA) is 51.8 Å². The monoisotopic (exact) mass is 601 g/mol. The van der Waals surface area contributed by atoms with Crippen molar-refractivity contribution in [2.24, 2.45) is 0 Å². The van der Waals surface area contributed by atoms with Crippen LogP contribution >= 0.6 is 0 Å². The van der Waals surface area contributed by atoms with Gasteiger partial charge in [-0.25, -0.2) is 15.0 Å². The summed E-state index contributed by atoms with van der Waals surface area (Å²) in [7, 11) is 0. The van der Waals surface area contributed by atoms with E-state index in [1.807, 2.05) is 66.7 Å². The SMILES string of the molecule is c1ccc(-c2ccc3ccc(-c4cccc(-c5nc(-c6ccccc6)nc(-c6cccc7oc8ccccc8c67)n5)c4)cc3c2)cc1. The Balaban J connectivity index is 1.19. The third kappa shape index (κ3) is 4.93. The summed E-state index contributed by atoms with van der Waals surface area (Å²) in [6, 6.07) is 56.5. The van der Waals surface area contributed by atoms with Gasteiger partial charge >= 0.3 is 0 Å². The quantitative estimate of drug-likeness (QED) is 0.197. The molecule has 0 aliphatic rings. The number of hydrogen-bond donors (Lipinski definition) is 0. The molecule has 4 nitrogen and oxygen atoms in total. The third-order valence-electron chi connectivity index (χ3n) is 8.71. The fourth-order valence-electron chi connectivity index (χ4n) is 6.38. The smallest absolute Gasteiger partial charge is 0.164 e. The molecular formula is C43H27N3O. The van der Waals surface area contributed by atoms with Crippen LogP contribution in [0.5, 0.6) is 0 Å². The van der Waals surface area contributed by atoms with Crippen molar-refractivity contribution >= 4 is 32.7 Å². The lowest BCUT2D eigenvalue weighted by Crippen LogP contribution is -2.00. The van der Waals surface area contributed by atoms with Crippen molar-refractivity contribution in [3.05, 3.63) is 164 Å². The first-order valence-electron chi connectivity index (χ1n) is 15.7.